The van der Waals surface area contributed by atoms with Crippen molar-refractivity contribution in [3.05, 3.63) is 59.7 Å². The highest BCUT2D eigenvalue weighted by Gasteiger charge is 2.26. The van der Waals surface area contributed by atoms with E-state index in [1.54, 1.807) is 7.11 Å². The Bertz CT molecular complexity index is 607. The van der Waals surface area contributed by atoms with Crippen LogP contribution < -0.4 is 15.4 Å². The van der Waals surface area contributed by atoms with Gasteiger partial charge in [-0.2, -0.15) is 0 Å². The zero-order valence-electron chi connectivity index (χ0n) is 14.0. The standard InChI is InChI=1S/C19H26N2O/c1-19(14-20,16-6-5-7-18(12-16)22-4)13-15-8-10-17(11-9-15)21(2)3/h5-12H,13-14,20H2,1-4H3. The topological polar surface area (TPSA) is 38.5 Å². The molecule has 22 heavy (non-hydrogen) atoms. The van der Waals surface area contributed by atoms with Crippen LogP contribution in [0.2, 0.25) is 0 Å². The molecule has 0 saturated carbocycles. The van der Waals surface area contributed by atoms with Gasteiger partial charge in [-0.1, -0.05) is 31.2 Å². The molecule has 1 unspecified atom stereocenters. The third-order valence-electron chi connectivity index (χ3n) is 4.26. The normalized spacial score (nSPS) is 13.5. The Morgan fingerprint density at radius 2 is 1.77 bits per heavy atom. The van der Waals surface area contributed by atoms with E-state index >= 15 is 0 Å². The summed E-state index contributed by atoms with van der Waals surface area (Å²) >= 11 is 0. The average molecular weight is 298 g/mol. The first-order chi connectivity index (χ1) is 10.5. The predicted molar refractivity (Wildman–Crippen MR) is 93.9 cm³/mol. The van der Waals surface area contributed by atoms with Gasteiger partial charge in [0.05, 0.1) is 7.11 Å². The van der Waals surface area contributed by atoms with Gasteiger partial charge in [0.1, 0.15) is 5.75 Å². The van der Waals surface area contributed by atoms with E-state index in [0.717, 1.165) is 12.2 Å². The van der Waals surface area contributed by atoms with Crippen molar-refractivity contribution < 1.29 is 4.74 Å². The molecule has 0 spiro atoms. The van der Waals surface area contributed by atoms with Crippen LogP contribution in [0, 0.1) is 0 Å². The number of ether oxygens (including phenoxy) is 1. The molecule has 2 rings (SSSR count). The molecule has 0 heterocycles. The minimum absolute atomic E-state index is 0.103. The fourth-order valence-corrected chi connectivity index (χ4v) is 2.65. The van der Waals surface area contributed by atoms with E-state index in [2.05, 4.69) is 62.3 Å². The molecule has 0 aromatic heterocycles. The Hall–Kier alpha value is -2.00. The molecular formula is C19H26N2O. The maximum absolute atomic E-state index is 6.11. The highest BCUT2D eigenvalue weighted by molar-refractivity contribution is 5.46. The molecule has 3 nitrogen and oxygen atoms in total. The number of hydrogen-bond acceptors (Lipinski definition) is 3. The van der Waals surface area contributed by atoms with Crippen LogP contribution in [0.1, 0.15) is 18.1 Å². The van der Waals surface area contributed by atoms with Gasteiger partial charge in [0.25, 0.3) is 0 Å². The van der Waals surface area contributed by atoms with Gasteiger partial charge in [-0.15, -0.1) is 0 Å². The highest BCUT2D eigenvalue weighted by Crippen LogP contribution is 2.30. The molecule has 1 atom stereocenters. The monoisotopic (exact) mass is 298 g/mol. The number of anilines is 1. The van der Waals surface area contributed by atoms with Gasteiger partial charge >= 0.3 is 0 Å². The molecule has 3 heteroatoms. The molecule has 0 aliphatic heterocycles. The molecule has 2 aromatic carbocycles. The minimum atomic E-state index is -0.103. The first-order valence-corrected chi connectivity index (χ1v) is 7.59. The molecule has 0 aliphatic carbocycles. The predicted octanol–water partition coefficient (Wildman–Crippen LogP) is 3.22. The van der Waals surface area contributed by atoms with Gasteiger partial charge in [-0.25, -0.2) is 0 Å². The van der Waals surface area contributed by atoms with Crippen LogP contribution in [0.3, 0.4) is 0 Å². The van der Waals surface area contributed by atoms with E-state index in [1.807, 2.05) is 12.1 Å². The lowest BCUT2D eigenvalue weighted by Crippen LogP contribution is -2.34. The molecule has 0 amide bonds. The highest BCUT2D eigenvalue weighted by atomic mass is 16.5. The molecule has 2 N–H and O–H groups in total. The first kappa shape index (κ1) is 16.4. The lowest BCUT2D eigenvalue weighted by Gasteiger charge is -2.29. The van der Waals surface area contributed by atoms with E-state index in [4.69, 9.17) is 10.5 Å². The van der Waals surface area contributed by atoms with Crippen molar-refractivity contribution in [1.82, 2.24) is 0 Å². The van der Waals surface area contributed by atoms with Crippen molar-refractivity contribution in [2.45, 2.75) is 18.8 Å². The Morgan fingerprint density at radius 3 is 2.32 bits per heavy atom. The van der Waals surface area contributed by atoms with E-state index in [0.29, 0.717) is 6.54 Å². The molecule has 0 bridgehead atoms. The molecule has 0 radical (unpaired) electrons. The summed E-state index contributed by atoms with van der Waals surface area (Å²) in [5, 5.41) is 0. The fourth-order valence-electron chi connectivity index (χ4n) is 2.65. The molecule has 0 aliphatic rings. The number of benzene rings is 2. The van der Waals surface area contributed by atoms with Crippen LogP contribution in [0.25, 0.3) is 0 Å². The minimum Gasteiger partial charge on any atom is -0.497 e. The molecule has 0 saturated heterocycles. The van der Waals surface area contributed by atoms with Crippen LogP contribution >= 0.6 is 0 Å². The Labute approximate surface area is 133 Å². The molecule has 2 aromatic rings. The average Bonchev–Trinajstić information content (AvgIpc) is 2.55. The van der Waals surface area contributed by atoms with E-state index < -0.39 is 0 Å². The van der Waals surface area contributed by atoms with E-state index in [-0.39, 0.29) is 5.41 Å². The van der Waals surface area contributed by atoms with Crippen LogP contribution in [0.4, 0.5) is 5.69 Å². The van der Waals surface area contributed by atoms with Crippen molar-refractivity contribution in [1.29, 1.82) is 0 Å². The second kappa shape index (κ2) is 6.84. The summed E-state index contributed by atoms with van der Waals surface area (Å²) in [5.74, 6) is 0.875. The lowest BCUT2D eigenvalue weighted by atomic mass is 9.77. The largest absolute Gasteiger partial charge is 0.497 e. The van der Waals surface area contributed by atoms with Crippen molar-refractivity contribution in [3.63, 3.8) is 0 Å². The van der Waals surface area contributed by atoms with E-state index in [1.165, 1.54) is 16.8 Å². The molecular weight excluding hydrogens is 272 g/mol. The Morgan fingerprint density at radius 1 is 1.09 bits per heavy atom. The van der Waals surface area contributed by atoms with Gasteiger partial charge in [0.15, 0.2) is 0 Å². The van der Waals surface area contributed by atoms with Crippen molar-refractivity contribution in [3.8, 4) is 5.75 Å². The van der Waals surface area contributed by atoms with E-state index in [9.17, 15) is 0 Å². The third-order valence-corrected chi connectivity index (χ3v) is 4.26. The van der Waals surface area contributed by atoms with Crippen LogP contribution in [-0.4, -0.2) is 27.7 Å². The second-order valence-electron chi connectivity index (χ2n) is 6.23. The smallest absolute Gasteiger partial charge is 0.119 e. The molecule has 0 fully saturated rings. The van der Waals surface area contributed by atoms with Crippen LogP contribution in [0.15, 0.2) is 48.5 Å². The molecule has 118 valence electrons. The quantitative estimate of drug-likeness (QED) is 0.890. The van der Waals surface area contributed by atoms with Gasteiger partial charge < -0.3 is 15.4 Å². The summed E-state index contributed by atoms with van der Waals surface area (Å²) < 4.78 is 5.34. The van der Waals surface area contributed by atoms with Crippen LogP contribution in [-0.2, 0) is 11.8 Å². The first-order valence-electron chi connectivity index (χ1n) is 7.59. The zero-order chi connectivity index (χ0) is 16.2. The van der Waals surface area contributed by atoms with Crippen LogP contribution in [0.5, 0.6) is 5.75 Å². The Balaban J connectivity index is 2.26. The number of nitrogens with two attached hydrogens (primary N) is 1. The summed E-state index contributed by atoms with van der Waals surface area (Å²) in [6, 6.07) is 16.9. The number of hydrogen-bond donors (Lipinski definition) is 1. The van der Waals surface area contributed by atoms with Gasteiger partial charge in [0, 0.05) is 31.7 Å². The summed E-state index contributed by atoms with van der Waals surface area (Å²) in [7, 11) is 5.80. The maximum Gasteiger partial charge on any atom is 0.119 e. The summed E-state index contributed by atoms with van der Waals surface area (Å²) in [4.78, 5) is 2.11. The number of rotatable bonds is 6. The second-order valence-corrected chi connectivity index (χ2v) is 6.23. The summed E-state index contributed by atoms with van der Waals surface area (Å²) in [6.45, 7) is 2.80. The maximum atomic E-state index is 6.11. The van der Waals surface area contributed by atoms with Gasteiger partial charge in [-0.3, -0.25) is 0 Å². The Kier molecular flexibility index (Phi) is 5.09. The number of methoxy groups -OCH3 is 1. The lowest BCUT2D eigenvalue weighted by molar-refractivity contribution is 0.410. The van der Waals surface area contributed by atoms with Gasteiger partial charge in [-0.05, 0) is 41.8 Å². The van der Waals surface area contributed by atoms with Gasteiger partial charge in [0.2, 0.25) is 0 Å². The number of nitrogens with zero attached hydrogens (tertiary/aromatic N) is 1. The SMILES string of the molecule is COc1cccc(C(C)(CN)Cc2ccc(N(C)C)cc2)c1. The zero-order valence-corrected chi connectivity index (χ0v) is 14.0. The summed E-state index contributed by atoms with van der Waals surface area (Å²) in [6.07, 6.45) is 0.907. The van der Waals surface area contributed by atoms with Crippen molar-refractivity contribution in [2.75, 3.05) is 32.6 Å². The summed E-state index contributed by atoms with van der Waals surface area (Å²) in [5.41, 5.74) is 9.72. The van der Waals surface area contributed by atoms with Crippen molar-refractivity contribution in [2.24, 2.45) is 5.73 Å². The fraction of sp³-hybridized carbons (Fsp3) is 0.368. The van der Waals surface area contributed by atoms with Crippen molar-refractivity contribution >= 4 is 5.69 Å². The third kappa shape index (κ3) is 3.60.